The monoisotopic (exact) mass is 302 g/mol. The molecule has 1 unspecified atom stereocenters. The maximum absolute atomic E-state index is 12.1. The van der Waals surface area contributed by atoms with E-state index in [9.17, 15) is 4.79 Å². The molecule has 0 aromatic carbocycles. The van der Waals surface area contributed by atoms with Gasteiger partial charge < -0.3 is 33.2 Å². The summed E-state index contributed by atoms with van der Waals surface area (Å²) in [6.45, 7) is 5.19. The van der Waals surface area contributed by atoms with E-state index in [1.807, 2.05) is 0 Å². The van der Waals surface area contributed by atoms with E-state index in [1.165, 1.54) is 0 Å². The zero-order valence-corrected chi connectivity index (χ0v) is 13.2. The van der Waals surface area contributed by atoms with Gasteiger partial charge in [-0.05, 0) is 71.4 Å². The van der Waals surface area contributed by atoms with Crippen molar-refractivity contribution in [2.24, 2.45) is 17.2 Å². The quantitative estimate of drug-likeness (QED) is 0.204. The lowest BCUT2D eigenvalue weighted by Crippen LogP contribution is -2.45. The van der Waals surface area contributed by atoms with Crippen molar-refractivity contribution in [1.29, 1.82) is 0 Å². The summed E-state index contributed by atoms with van der Waals surface area (Å²) in [5.41, 5.74) is 16.3. The molecule has 126 valence electrons. The van der Waals surface area contributed by atoms with Gasteiger partial charge in [-0.2, -0.15) is 0 Å². The van der Waals surface area contributed by atoms with E-state index in [0.29, 0.717) is 26.2 Å². The molecular formula is C14H34N6O. The van der Waals surface area contributed by atoms with Crippen molar-refractivity contribution in [3.05, 3.63) is 0 Å². The summed E-state index contributed by atoms with van der Waals surface area (Å²) >= 11 is 0. The maximum atomic E-state index is 12.1. The minimum absolute atomic E-state index is 0.0578. The molecule has 0 rings (SSSR count). The molecule has 0 spiro atoms. The van der Waals surface area contributed by atoms with Gasteiger partial charge in [0.2, 0.25) is 5.91 Å². The fourth-order valence-corrected chi connectivity index (χ4v) is 1.92. The first kappa shape index (κ1) is 20.3. The molecule has 0 aromatic rings. The Morgan fingerprint density at radius 2 is 1.38 bits per heavy atom. The maximum Gasteiger partial charge on any atom is 0.237 e. The average molecular weight is 302 g/mol. The third-order valence-electron chi connectivity index (χ3n) is 3.17. The number of nitrogens with one attached hydrogen (secondary N) is 3. The molecule has 0 heterocycles. The molecule has 21 heavy (non-hydrogen) atoms. The zero-order chi connectivity index (χ0) is 15.8. The standard InChI is InChI=1S/C14H34N6O/c15-6-2-10-18-9-1-5-13(19-11-3-7-16)14(21)20-12-4-8-17/h13,18-19H,1-12,15-17H2,(H,20,21). The molecule has 1 atom stereocenters. The Labute approximate surface area is 128 Å². The van der Waals surface area contributed by atoms with Crippen molar-refractivity contribution in [2.45, 2.75) is 38.1 Å². The summed E-state index contributed by atoms with van der Waals surface area (Å²) in [6, 6.07) is -0.148. The largest absolute Gasteiger partial charge is 0.355 e. The van der Waals surface area contributed by atoms with Gasteiger partial charge in [-0.3, -0.25) is 4.79 Å². The van der Waals surface area contributed by atoms with Crippen LogP contribution in [0.25, 0.3) is 0 Å². The topological polar surface area (TPSA) is 131 Å². The highest BCUT2D eigenvalue weighted by atomic mass is 16.2. The smallest absolute Gasteiger partial charge is 0.237 e. The third kappa shape index (κ3) is 12.7. The van der Waals surface area contributed by atoms with Gasteiger partial charge in [0.15, 0.2) is 0 Å². The normalized spacial score (nSPS) is 12.3. The number of hydrogen-bond donors (Lipinski definition) is 6. The average Bonchev–Trinajstić information content (AvgIpc) is 2.49. The third-order valence-corrected chi connectivity index (χ3v) is 3.17. The van der Waals surface area contributed by atoms with E-state index in [1.54, 1.807) is 0 Å². The van der Waals surface area contributed by atoms with Crippen LogP contribution in [0.2, 0.25) is 0 Å². The number of hydrogen-bond acceptors (Lipinski definition) is 6. The molecule has 0 radical (unpaired) electrons. The first-order chi connectivity index (χ1) is 10.3. The summed E-state index contributed by atoms with van der Waals surface area (Å²) in [4.78, 5) is 12.1. The molecule has 9 N–H and O–H groups in total. The predicted molar refractivity (Wildman–Crippen MR) is 87.9 cm³/mol. The van der Waals surface area contributed by atoms with Gasteiger partial charge in [-0.1, -0.05) is 0 Å². The van der Waals surface area contributed by atoms with Crippen LogP contribution in [0.4, 0.5) is 0 Å². The summed E-state index contributed by atoms with van der Waals surface area (Å²) < 4.78 is 0. The summed E-state index contributed by atoms with van der Waals surface area (Å²) in [5.74, 6) is 0.0578. The van der Waals surface area contributed by atoms with Crippen molar-refractivity contribution in [2.75, 3.05) is 45.8 Å². The summed E-state index contributed by atoms with van der Waals surface area (Å²) in [5, 5.41) is 9.52. The van der Waals surface area contributed by atoms with E-state index < -0.39 is 0 Å². The minimum Gasteiger partial charge on any atom is -0.355 e. The Bertz CT molecular complexity index is 240. The molecule has 0 saturated heterocycles. The van der Waals surface area contributed by atoms with Crippen LogP contribution in [-0.2, 0) is 4.79 Å². The van der Waals surface area contributed by atoms with Crippen LogP contribution >= 0.6 is 0 Å². The van der Waals surface area contributed by atoms with Crippen molar-refractivity contribution in [1.82, 2.24) is 16.0 Å². The van der Waals surface area contributed by atoms with E-state index in [0.717, 1.165) is 51.7 Å². The Morgan fingerprint density at radius 1 is 0.810 bits per heavy atom. The second kappa shape index (κ2) is 15.7. The Hall–Kier alpha value is -0.730. The van der Waals surface area contributed by atoms with E-state index >= 15 is 0 Å². The molecule has 0 fully saturated rings. The molecule has 0 aliphatic carbocycles. The lowest BCUT2D eigenvalue weighted by Gasteiger charge is -2.18. The van der Waals surface area contributed by atoms with Crippen LogP contribution in [0.15, 0.2) is 0 Å². The number of rotatable bonds is 15. The molecule has 0 saturated carbocycles. The van der Waals surface area contributed by atoms with Gasteiger partial charge in [-0.15, -0.1) is 0 Å². The number of carbonyl (C=O) groups is 1. The molecule has 0 aromatic heterocycles. The van der Waals surface area contributed by atoms with Gasteiger partial charge in [0.1, 0.15) is 0 Å². The molecular weight excluding hydrogens is 268 g/mol. The van der Waals surface area contributed by atoms with Crippen LogP contribution in [0.5, 0.6) is 0 Å². The van der Waals surface area contributed by atoms with Crippen molar-refractivity contribution in [3.63, 3.8) is 0 Å². The number of amides is 1. The lowest BCUT2D eigenvalue weighted by molar-refractivity contribution is -0.123. The molecule has 0 aliphatic heterocycles. The van der Waals surface area contributed by atoms with Crippen molar-refractivity contribution in [3.8, 4) is 0 Å². The highest BCUT2D eigenvalue weighted by Gasteiger charge is 2.16. The Balaban J connectivity index is 3.91. The number of carbonyl (C=O) groups excluding carboxylic acids is 1. The zero-order valence-electron chi connectivity index (χ0n) is 13.2. The summed E-state index contributed by atoms with van der Waals surface area (Å²) in [6.07, 6.45) is 4.44. The molecule has 7 nitrogen and oxygen atoms in total. The van der Waals surface area contributed by atoms with Crippen molar-refractivity contribution < 1.29 is 4.79 Å². The molecule has 1 amide bonds. The lowest BCUT2D eigenvalue weighted by atomic mass is 10.1. The Morgan fingerprint density at radius 3 is 2.05 bits per heavy atom. The highest BCUT2D eigenvalue weighted by Crippen LogP contribution is 1.98. The van der Waals surface area contributed by atoms with Crippen LogP contribution in [0, 0.1) is 0 Å². The Kier molecular flexibility index (Phi) is 15.1. The van der Waals surface area contributed by atoms with E-state index in [-0.39, 0.29) is 11.9 Å². The fourth-order valence-electron chi connectivity index (χ4n) is 1.92. The SMILES string of the molecule is NCCCNCCCC(NCCCN)C(=O)NCCCN. The second-order valence-corrected chi connectivity index (χ2v) is 5.12. The van der Waals surface area contributed by atoms with E-state index in [4.69, 9.17) is 17.2 Å². The number of nitrogens with two attached hydrogens (primary N) is 3. The van der Waals surface area contributed by atoms with Gasteiger partial charge in [0, 0.05) is 6.54 Å². The van der Waals surface area contributed by atoms with Crippen molar-refractivity contribution >= 4 is 5.91 Å². The van der Waals surface area contributed by atoms with Gasteiger partial charge in [0.25, 0.3) is 0 Å². The van der Waals surface area contributed by atoms with Crippen LogP contribution in [0.3, 0.4) is 0 Å². The van der Waals surface area contributed by atoms with Crippen LogP contribution < -0.4 is 33.2 Å². The molecule has 7 heteroatoms. The molecule has 0 aliphatic rings. The predicted octanol–water partition coefficient (Wildman–Crippen LogP) is -1.52. The first-order valence-electron chi connectivity index (χ1n) is 8.08. The fraction of sp³-hybridized carbons (Fsp3) is 0.929. The van der Waals surface area contributed by atoms with Crippen LogP contribution in [-0.4, -0.2) is 57.8 Å². The van der Waals surface area contributed by atoms with Gasteiger partial charge in [0.05, 0.1) is 6.04 Å². The van der Waals surface area contributed by atoms with Gasteiger partial charge in [-0.25, -0.2) is 0 Å². The summed E-state index contributed by atoms with van der Waals surface area (Å²) in [7, 11) is 0. The minimum atomic E-state index is -0.148. The van der Waals surface area contributed by atoms with Crippen LogP contribution in [0.1, 0.15) is 32.1 Å². The molecule has 0 bridgehead atoms. The van der Waals surface area contributed by atoms with E-state index in [2.05, 4.69) is 16.0 Å². The van der Waals surface area contributed by atoms with Gasteiger partial charge >= 0.3 is 0 Å². The highest BCUT2D eigenvalue weighted by molar-refractivity contribution is 5.81. The first-order valence-corrected chi connectivity index (χ1v) is 8.08. The second-order valence-electron chi connectivity index (χ2n) is 5.12.